The molecule has 2 atom stereocenters. The minimum atomic E-state index is -0.891. The van der Waals surface area contributed by atoms with Gasteiger partial charge in [0.15, 0.2) is 0 Å². The number of hydrogen-bond acceptors (Lipinski definition) is 5. The van der Waals surface area contributed by atoms with Gasteiger partial charge in [-0.05, 0) is 37.8 Å². The molecule has 2 aliphatic rings. The minimum Gasteiger partial charge on any atom is -0.380 e. The monoisotopic (exact) mass is 418 g/mol. The molecule has 5 rings (SSSR count). The van der Waals surface area contributed by atoms with E-state index in [0.717, 1.165) is 35.2 Å². The van der Waals surface area contributed by atoms with Crippen molar-refractivity contribution < 1.29 is 9.53 Å². The van der Waals surface area contributed by atoms with Crippen molar-refractivity contribution in [1.29, 1.82) is 5.26 Å². The second-order valence-corrected chi connectivity index (χ2v) is 8.54. The lowest BCUT2D eigenvalue weighted by Crippen LogP contribution is -2.37. The molecule has 8 nitrogen and oxygen atoms in total. The van der Waals surface area contributed by atoms with Crippen molar-refractivity contribution >= 4 is 17.1 Å². The van der Waals surface area contributed by atoms with Crippen molar-refractivity contribution in [1.82, 2.24) is 19.4 Å². The first-order chi connectivity index (χ1) is 15.1. The standard InChI is InChI=1S/C23H26N6O2/c1-3-31-9-8-27-13-18(11-26-27)17-10-21-20(6-7-25-29(21)14-17)28-12-16(2)23(15-24,22(28)30)19-4-5-19/h6-7,10-11,13-14,16,19H,3-5,8-9,12H2,1-2H3/t16-,23+/m1/s1. The number of ether oxygens (including phenoxy) is 1. The molecule has 0 spiro atoms. The van der Waals surface area contributed by atoms with Crippen LogP contribution in [0.1, 0.15) is 26.7 Å². The Bertz CT molecular complexity index is 1170. The zero-order valence-electron chi connectivity index (χ0n) is 17.9. The first-order valence-corrected chi connectivity index (χ1v) is 10.9. The molecular formula is C23H26N6O2. The molecule has 8 heteroatoms. The van der Waals surface area contributed by atoms with E-state index in [4.69, 9.17) is 4.74 Å². The lowest BCUT2D eigenvalue weighted by atomic mass is 9.75. The van der Waals surface area contributed by atoms with Crippen molar-refractivity contribution in [3.63, 3.8) is 0 Å². The molecule has 0 bridgehead atoms. The van der Waals surface area contributed by atoms with Gasteiger partial charge in [-0.2, -0.15) is 15.5 Å². The van der Waals surface area contributed by atoms with Crippen LogP contribution in [-0.4, -0.2) is 45.1 Å². The number of hydrogen-bond donors (Lipinski definition) is 0. The number of fused-ring (bicyclic) bond motifs is 1. The van der Waals surface area contributed by atoms with E-state index < -0.39 is 5.41 Å². The Hall–Kier alpha value is -3.18. The van der Waals surface area contributed by atoms with Crippen molar-refractivity contribution in [3.05, 3.63) is 36.9 Å². The third-order valence-corrected chi connectivity index (χ3v) is 6.65. The average Bonchev–Trinajstić information content (AvgIpc) is 3.25. The number of nitriles is 1. The van der Waals surface area contributed by atoms with Crippen LogP contribution >= 0.6 is 0 Å². The lowest BCUT2D eigenvalue weighted by Gasteiger charge is -2.23. The summed E-state index contributed by atoms with van der Waals surface area (Å²) >= 11 is 0. The van der Waals surface area contributed by atoms with Gasteiger partial charge < -0.3 is 9.64 Å². The summed E-state index contributed by atoms with van der Waals surface area (Å²) in [6, 6.07) is 6.31. The van der Waals surface area contributed by atoms with Gasteiger partial charge in [0.25, 0.3) is 0 Å². The van der Waals surface area contributed by atoms with Crippen molar-refractivity contribution in [2.45, 2.75) is 33.2 Å². The van der Waals surface area contributed by atoms with Crippen LogP contribution in [0.2, 0.25) is 0 Å². The maximum absolute atomic E-state index is 13.4. The molecule has 1 aliphatic carbocycles. The summed E-state index contributed by atoms with van der Waals surface area (Å²) in [4.78, 5) is 15.2. The predicted octanol–water partition coefficient (Wildman–Crippen LogP) is 3.14. The fourth-order valence-electron chi connectivity index (χ4n) is 4.83. The molecule has 0 unspecified atom stereocenters. The number of rotatable bonds is 7. The van der Waals surface area contributed by atoms with Gasteiger partial charge in [0, 0.05) is 48.8 Å². The van der Waals surface area contributed by atoms with Gasteiger partial charge in [0.2, 0.25) is 5.91 Å². The molecule has 1 amide bonds. The Kier molecular flexibility index (Phi) is 4.78. The number of anilines is 1. The van der Waals surface area contributed by atoms with Crippen molar-refractivity contribution in [3.8, 4) is 17.2 Å². The quantitative estimate of drug-likeness (QED) is 0.550. The molecule has 0 aromatic carbocycles. The second-order valence-electron chi connectivity index (χ2n) is 8.54. The fourth-order valence-corrected chi connectivity index (χ4v) is 4.83. The molecular weight excluding hydrogens is 392 g/mol. The second kappa shape index (κ2) is 7.50. The van der Waals surface area contributed by atoms with Crippen molar-refractivity contribution in [2.24, 2.45) is 17.3 Å². The van der Waals surface area contributed by atoms with Gasteiger partial charge in [0.05, 0.1) is 36.6 Å². The van der Waals surface area contributed by atoms with Gasteiger partial charge >= 0.3 is 0 Å². The Morgan fingerprint density at radius 1 is 1.29 bits per heavy atom. The molecule has 160 valence electrons. The zero-order chi connectivity index (χ0) is 21.6. The summed E-state index contributed by atoms with van der Waals surface area (Å²) in [5.74, 6) is 0.126. The summed E-state index contributed by atoms with van der Waals surface area (Å²) in [6.07, 6.45) is 9.41. The van der Waals surface area contributed by atoms with Gasteiger partial charge in [-0.15, -0.1) is 0 Å². The van der Waals surface area contributed by atoms with Crippen molar-refractivity contribution in [2.75, 3.05) is 24.7 Å². The number of amides is 1. The topological polar surface area (TPSA) is 88.5 Å². The molecule has 3 aromatic heterocycles. The molecule has 3 aromatic rings. The van der Waals surface area contributed by atoms with Crippen LogP contribution in [0.3, 0.4) is 0 Å². The molecule has 0 radical (unpaired) electrons. The Morgan fingerprint density at radius 2 is 2.13 bits per heavy atom. The molecule has 1 aliphatic heterocycles. The highest BCUT2D eigenvalue weighted by atomic mass is 16.5. The van der Waals surface area contributed by atoms with Gasteiger partial charge in [-0.3, -0.25) is 9.48 Å². The number of carbonyl (C=O) groups is 1. The van der Waals surface area contributed by atoms with E-state index in [2.05, 4.69) is 16.3 Å². The number of aromatic nitrogens is 4. The van der Waals surface area contributed by atoms with Crippen LogP contribution in [0, 0.1) is 28.6 Å². The highest BCUT2D eigenvalue weighted by Gasteiger charge is 2.61. The highest BCUT2D eigenvalue weighted by Crippen LogP contribution is 2.54. The van der Waals surface area contributed by atoms with E-state index in [-0.39, 0.29) is 17.7 Å². The Morgan fingerprint density at radius 3 is 2.87 bits per heavy atom. The average molecular weight is 419 g/mol. The summed E-state index contributed by atoms with van der Waals surface area (Å²) in [7, 11) is 0. The van der Waals surface area contributed by atoms with E-state index in [1.165, 1.54) is 0 Å². The fraction of sp³-hybridized carbons (Fsp3) is 0.478. The van der Waals surface area contributed by atoms with E-state index in [1.807, 2.05) is 49.3 Å². The summed E-state index contributed by atoms with van der Waals surface area (Å²) in [6.45, 7) is 6.56. The zero-order valence-corrected chi connectivity index (χ0v) is 17.9. The SMILES string of the molecule is CCOCCn1cc(-c2cc3c(N4C[C@@H](C)[C@@](C#N)(C5CC5)C4=O)ccnn3c2)cn1. The molecule has 0 N–H and O–H groups in total. The first-order valence-electron chi connectivity index (χ1n) is 10.9. The number of carbonyl (C=O) groups excluding carboxylic acids is 1. The Balaban J connectivity index is 1.47. The first kappa shape index (κ1) is 19.8. The van der Waals surface area contributed by atoms with Crippen LogP contribution in [0.25, 0.3) is 16.6 Å². The maximum Gasteiger partial charge on any atom is 0.248 e. The summed E-state index contributed by atoms with van der Waals surface area (Å²) < 4.78 is 9.06. The van der Waals surface area contributed by atoms with Crippen LogP contribution in [-0.2, 0) is 16.1 Å². The summed E-state index contributed by atoms with van der Waals surface area (Å²) in [5.41, 5.74) is 2.73. The minimum absolute atomic E-state index is 0.00344. The summed E-state index contributed by atoms with van der Waals surface area (Å²) in [5, 5.41) is 18.8. The van der Waals surface area contributed by atoms with Gasteiger partial charge in [0.1, 0.15) is 5.41 Å². The van der Waals surface area contributed by atoms with Gasteiger partial charge in [-0.1, -0.05) is 6.92 Å². The third kappa shape index (κ3) is 3.12. The smallest absolute Gasteiger partial charge is 0.248 e. The predicted molar refractivity (Wildman–Crippen MR) is 115 cm³/mol. The molecule has 1 saturated heterocycles. The van der Waals surface area contributed by atoms with Crippen LogP contribution in [0.4, 0.5) is 5.69 Å². The lowest BCUT2D eigenvalue weighted by molar-refractivity contribution is -0.124. The van der Waals surface area contributed by atoms with E-state index in [9.17, 15) is 10.1 Å². The third-order valence-electron chi connectivity index (χ3n) is 6.65. The van der Waals surface area contributed by atoms with E-state index in [1.54, 1.807) is 15.6 Å². The van der Waals surface area contributed by atoms with Gasteiger partial charge in [-0.25, -0.2) is 4.52 Å². The van der Waals surface area contributed by atoms with E-state index in [0.29, 0.717) is 26.3 Å². The largest absolute Gasteiger partial charge is 0.380 e. The molecule has 1 saturated carbocycles. The Labute approximate surface area is 181 Å². The highest BCUT2D eigenvalue weighted by molar-refractivity contribution is 6.05. The van der Waals surface area contributed by atoms with Crippen LogP contribution in [0.15, 0.2) is 36.9 Å². The maximum atomic E-state index is 13.4. The van der Waals surface area contributed by atoms with E-state index >= 15 is 0 Å². The molecule has 31 heavy (non-hydrogen) atoms. The normalized spacial score (nSPS) is 23.6. The number of nitrogens with zero attached hydrogens (tertiary/aromatic N) is 6. The van der Waals surface area contributed by atoms with Crippen LogP contribution in [0.5, 0.6) is 0 Å². The van der Waals surface area contributed by atoms with Crippen LogP contribution < -0.4 is 4.90 Å². The molecule has 2 fully saturated rings. The molecule has 4 heterocycles.